The van der Waals surface area contributed by atoms with Crippen molar-refractivity contribution in [2.24, 2.45) is 5.73 Å². The van der Waals surface area contributed by atoms with E-state index in [9.17, 15) is 4.79 Å². The lowest BCUT2D eigenvalue weighted by molar-refractivity contribution is -0.132. The number of thioether (sulfide) groups is 1. The van der Waals surface area contributed by atoms with Crippen molar-refractivity contribution < 1.29 is 4.79 Å². The third-order valence-electron chi connectivity index (χ3n) is 3.85. The van der Waals surface area contributed by atoms with E-state index in [4.69, 9.17) is 5.73 Å². The first kappa shape index (κ1) is 15.9. The zero-order chi connectivity index (χ0) is 15.4. The Morgan fingerprint density at radius 2 is 2.14 bits per heavy atom. The van der Waals surface area contributed by atoms with Crippen LogP contribution in [0.15, 0.2) is 30.5 Å². The lowest BCUT2D eigenvalue weighted by Crippen LogP contribution is -2.47. The second-order valence-electron chi connectivity index (χ2n) is 5.42. The Morgan fingerprint density at radius 1 is 1.43 bits per heavy atom. The van der Waals surface area contributed by atoms with Crippen molar-refractivity contribution in [3.05, 3.63) is 36.0 Å². The van der Waals surface area contributed by atoms with Crippen LogP contribution in [-0.4, -0.2) is 46.9 Å². The van der Waals surface area contributed by atoms with Crippen LogP contribution in [0, 0.1) is 0 Å². The fourth-order valence-corrected chi connectivity index (χ4v) is 3.16. The van der Waals surface area contributed by atoms with Crippen molar-refractivity contribution in [3.8, 4) is 0 Å². The maximum absolute atomic E-state index is 12.4. The average molecular weight is 305 g/mol. The Labute approximate surface area is 130 Å². The van der Waals surface area contributed by atoms with Gasteiger partial charge in [0.25, 0.3) is 0 Å². The first-order valence-electron chi connectivity index (χ1n) is 7.10. The van der Waals surface area contributed by atoms with Crippen LogP contribution in [0.1, 0.15) is 12.5 Å². The zero-order valence-electron chi connectivity index (χ0n) is 12.8. The van der Waals surface area contributed by atoms with Crippen molar-refractivity contribution in [2.75, 3.05) is 19.1 Å². The van der Waals surface area contributed by atoms with E-state index in [1.54, 1.807) is 16.7 Å². The molecule has 1 amide bonds. The van der Waals surface area contributed by atoms with E-state index in [1.807, 2.05) is 44.6 Å². The molecule has 0 bridgehead atoms. The summed E-state index contributed by atoms with van der Waals surface area (Å²) in [6, 6.07) is 7.77. The Morgan fingerprint density at radius 3 is 2.86 bits per heavy atom. The first-order valence-corrected chi connectivity index (χ1v) is 8.50. The summed E-state index contributed by atoms with van der Waals surface area (Å²) in [7, 11) is 1.83. The van der Waals surface area contributed by atoms with Gasteiger partial charge in [0.15, 0.2) is 0 Å². The molecule has 1 aromatic heterocycles. The van der Waals surface area contributed by atoms with E-state index in [0.29, 0.717) is 6.42 Å². The molecule has 3 N–H and O–H groups in total. The molecule has 4 nitrogen and oxygen atoms in total. The van der Waals surface area contributed by atoms with Gasteiger partial charge in [0.05, 0.1) is 6.04 Å². The summed E-state index contributed by atoms with van der Waals surface area (Å²) in [5.74, 6) is 0.920. The number of nitrogens with two attached hydrogens (primary N) is 1. The van der Waals surface area contributed by atoms with Crippen LogP contribution in [0.25, 0.3) is 10.9 Å². The molecule has 2 rings (SSSR count). The normalized spacial score (nSPS) is 14.1. The highest BCUT2D eigenvalue weighted by Gasteiger charge is 2.22. The molecule has 0 saturated heterocycles. The minimum absolute atomic E-state index is 0.00170. The number of aromatic nitrogens is 1. The van der Waals surface area contributed by atoms with E-state index in [0.717, 1.165) is 22.2 Å². The third-order valence-corrected chi connectivity index (χ3v) is 4.66. The summed E-state index contributed by atoms with van der Waals surface area (Å²) in [6.45, 7) is 2.05. The number of carbonyl (C=O) groups excluding carboxylic acids is 1. The highest BCUT2D eigenvalue weighted by atomic mass is 32.2. The summed E-state index contributed by atoms with van der Waals surface area (Å²) in [4.78, 5) is 17.4. The highest BCUT2D eigenvalue weighted by Crippen LogP contribution is 2.19. The molecule has 0 aliphatic heterocycles. The summed E-state index contributed by atoms with van der Waals surface area (Å²) in [6.07, 6.45) is 4.54. The van der Waals surface area contributed by atoms with Gasteiger partial charge in [-0.1, -0.05) is 18.2 Å². The van der Waals surface area contributed by atoms with Gasteiger partial charge in [-0.25, -0.2) is 0 Å². The number of fused-ring (bicyclic) bond motifs is 1. The third kappa shape index (κ3) is 3.60. The van der Waals surface area contributed by atoms with E-state index in [-0.39, 0.29) is 11.9 Å². The maximum atomic E-state index is 12.4. The monoisotopic (exact) mass is 305 g/mol. The van der Waals surface area contributed by atoms with E-state index in [2.05, 4.69) is 11.1 Å². The van der Waals surface area contributed by atoms with Gasteiger partial charge in [-0.2, -0.15) is 11.8 Å². The number of para-hydroxylation sites is 1. The molecule has 0 saturated carbocycles. The van der Waals surface area contributed by atoms with Gasteiger partial charge in [0, 0.05) is 35.9 Å². The quantitative estimate of drug-likeness (QED) is 0.860. The molecule has 5 heteroatoms. The number of nitrogens with one attached hydrogen (secondary N) is 1. The average Bonchev–Trinajstić information content (AvgIpc) is 2.89. The second-order valence-corrected chi connectivity index (χ2v) is 6.33. The fraction of sp³-hybridized carbons (Fsp3) is 0.438. The van der Waals surface area contributed by atoms with Crippen LogP contribution >= 0.6 is 11.8 Å². The molecule has 0 fully saturated rings. The number of carbonyl (C=O) groups is 1. The molecular formula is C16H23N3OS. The number of hydrogen-bond donors (Lipinski definition) is 2. The number of benzene rings is 1. The molecule has 1 heterocycles. The van der Waals surface area contributed by atoms with Crippen LogP contribution in [0.2, 0.25) is 0 Å². The molecular weight excluding hydrogens is 282 g/mol. The predicted molar refractivity (Wildman–Crippen MR) is 90.6 cm³/mol. The van der Waals surface area contributed by atoms with Crippen molar-refractivity contribution in [1.29, 1.82) is 0 Å². The highest BCUT2D eigenvalue weighted by molar-refractivity contribution is 7.98. The molecule has 0 radical (unpaired) electrons. The number of nitrogens with zero attached hydrogens (tertiary/aromatic N) is 1. The second kappa shape index (κ2) is 7.00. The Bertz CT molecular complexity index is 610. The van der Waals surface area contributed by atoms with Gasteiger partial charge < -0.3 is 15.6 Å². The van der Waals surface area contributed by atoms with Crippen LogP contribution in [0.4, 0.5) is 0 Å². The summed E-state index contributed by atoms with van der Waals surface area (Å²) < 4.78 is 0. The van der Waals surface area contributed by atoms with Gasteiger partial charge in [-0.3, -0.25) is 4.79 Å². The van der Waals surface area contributed by atoms with Crippen molar-refractivity contribution in [3.63, 3.8) is 0 Å². The SMILES string of the molecule is CSCC(C)N(C)C(=O)[C@H](N)Cc1c[nH]c2ccccc12. The number of aromatic amines is 1. The molecule has 1 aromatic carbocycles. The van der Waals surface area contributed by atoms with Crippen LogP contribution in [0.3, 0.4) is 0 Å². The number of hydrogen-bond acceptors (Lipinski definition) is 3. The van der Waals surface area contributed by atoms with Gasteiger partial charge in [0.1, 0.15) is 0 Å². The molecule has 0 spiro atoms. The number of likely N-dealkylation sites (N-methyl/N-ethyl adjacent to an activating group) is 1. The van der Waals surface area contributed by atoms with E-state index in [1.165, 1.54) is 0 Å². The summed E-state index contributed by atoms with van der Waals surface area (Å²) in [5, 5.41) is 1.14. The van der Waals surface area contributed by atoms with Crippen molar-refractivity contribution >= 4 is 28.6 Å². The van der Waals surface area contributed by atoms with Crippen LogP contribution < -0.4 is 5.73 Å². The topological polar surface area (TPSA) is 62.1 Å². The van der Waals surface area contributed by atoms with Crippen LogP contribution in [-0.2, 0) is 11.2 Å². The number of rotatable bonds is 6. The van der Waals surface area contributed by atoms with Gasteiger partial charge in [0.2, 0.25) is 5.91 Å². The molecule has 0 aliphatic carbocycles. The van der Waals surface area contributed by atoms with Gasteiger partial charge in [-0.15, -0.1) is 0 Å². The molecule has 2 aromatic rings. The van der Waals surface area contributed by atoms with E-state index < -0.39 is 6.04 Å². The first-order chi connectivity index (χ1) is 10.0. The zero-order valence-corrected chi connectivity index (χ0v) is 13.6. The Kier molecular flexibility index (Phi) is 5.31. The number of amides is 1. The standard InChI is InChI=1S/C16H23N3OS/c1-11(10-21-3)19(2)16(20)14(17)8-12-9-18-15-7-5-4-6-13(12)15/h4-7,9,11,14,18H,8,10,17H2,1-3H3/t11?,14-/m1/s1. The lowest BCUT2D eigenvalue weighted by Gasteiger charge is -2.27. The molecule has 21 heavy (non-hydrogen) atoms. The minimum Gasteiger partial charge on any atom is -0.361 e. The van der Waals surface area contributed by atoms with Crippen molar-refractivity contribution in [1.82, 2.24) is 9.88 Å². The smallest absolute Gasteiger partial charge is 0.239 e. The van der Waals surface area contributed by atoms with Crippen molar-refractivity contribution in [2.45, 2.75) is 25.4 Å². The maximum Gasteiger partial charge on any atom is 0.239 e. The Hall–Kier alpha value is -1.46. The molecule has 114 valence electrons. The minimum atomic E-state index is -0.501. The van der Waals surface area contributed by atoms with Gasteiger partial charge >= 0.3 is 0 Å². The summed E-state index contributed by atoms with van der Waals surface area (Å²) in [5.41, 5.74) is 8.30. The number of H-pyrrole nitrogens is 1. The molecule has 0 aliphatic rings. The fourth-order valence-electron chi connectivity index (χ4n) is 2.46. The van der Waals surface area contributed by atoms with Crippen LogP contribution in [0.5, 0.6) is 0 Å². The molecule has 2 atom stereocenters. The Balaban J connectivity index is 2.07. The molecule has 1 unspecified atom stereocenters. The largest absolute Gasteiger partial charge is 0.361 e. The summed E-state index contributed by atoms with van der Waals surface area (Å²) >= 11 is 1.73. The lowest BCUT2D eigenvalue weighted by atomic mass is 10.0. The van der Waals surface area contributed by atoms with E-state index >= 15 is 0 Å². The predicted octanol–water partition coefficient (Wildman–Crippen LogP) is 2.25. The van der Waals surface area contributed by atoms with Gasteiger partial charge in [-0.05, 0) is 31.2 Å².